The maximum Gasteiger partial charge on any atom is 0.272 e. The minimum Gasteiger partial charge on any atom is -0.267 e. The minimum absolute atomic E-state index is 0.0958. The maximum absolute atomic E-state index is 13.2. The van der Waals surface area contributed by atoms with E-state index in [4.69, 9.17) is 0 Å². The largest absolute Gasteiger partial charge is 0.272 e. The molecule has 142 valence electrons. The van der Waals surface area contributed by atoms with Gasteiger partial charge in [-0.2, -0.15) is 0 Å². The molecule has 0 saturated heterocycles. The van der Waals surface area contributed by atoms with Gasteiger partial charge in [0.15, 0.2) is 0 Å². The number of hydrazine groups is 1. The predicted molar refractivity (Wildman–Crippen MR) is 102 cm³/mol. The number of non-ortho nitro benzene ring substituents is 1. The summed E-state index contributed by atoms with van der Waals surface area (Å²) in [5.74, 6) is -0.688. The standard InChI is InChI=1S/C20H23N3O4/c1-5-21(18(24)15-9-7-6-8-10-15)22(20(2,3)4)19(25)16-11-13-17(14-12-16)23(26)27/h6-14H,5H2,1-4H3. The molecule has 0 aromatic heterocycles. The van der Waals surface area contributed by atoms with Crippen LogP contribution in [0.5, 0.6) is 0 Å². The van der Waals surface area contributed by atoms with Crippen LogP contribution in [-0.4, -0.2) is 38.8 Å². The Hall–Kier alpha value is -3.22. The van der Waals surface area contributed by atoms with Crippen LogP contribution in [0.2, 0.25) is 0 Å². The van der Waals surface area contributed by atoms with Gasteiger partial charge in [-0.25, -0.2) is 10.0 Å². The number of nitro benzene ring substituents is 1. The van der Waals surface area contributed by atoms with E-state index in [-0.39, 0.29) is 17.2 Å². The molecule has 0 radical (unpaired) electrons. The molecule has 0 fully saturated rings. The molecule has 2 amide bonds. The van der Waals surface area contributed by atoms with Crippen molar-refractivity contribution in [2.24, 2.45) is 0 Å². The van der Waals surface area contributed by atoms with Crippen LogP contribution < -0.4 is 0 Å². The first-order valence-corrected chi connectivity index (χ1v) is 8.62. The van der Waals surface area contributed by atoms with E-state index < -0.39 is 16.4 Å². The number of nitro groups is 1. The Bertz CT molecular complexity index is 827. The summed E-state index contributed by atoms with van der Waals surface area (Å²) < 4.78 is 0. The smallest absolute Gasteiger partial charge is 0.267 e. The molecule has 2 aromatic rings. The molecule has 2 rings (SSSR count). The lowest BCUT2D eigenvalue weighted by atomic mass is 10.1. The first-order valence-electron chi connectivity index (χ1n) is 8.62. The summed E-state index contributed by atoms with van der Waals surface area (Å²) in [6.07, 6.45) is 0. The zero-order valence-corrected chi connectivity index (χ0v) is 15.9. The maximum atomic E-state index is 13.2. The van der Waals surface area contributed by atoms with E-state index >= 15 is 0 Å². The summed E-state index contributed by atoms with van der Waals surface area (Å²) in [7, 11) is 0. The van der Waals surface area contributed by atoms with Gasteiger partial charge in [0.05, 0.1) is 10.5 Å². The highest BCUT2D eigenvalue weighted by Crippen LogP contribution is 2.23. The number of hydrogen-bond acceptors (Lipinski definition) is 4. The third-order valence-corrected chi connectivity index (χ3v) is 3.95. The van der Waals surface area contributed by atoms with Crippen molar-refractivity contribution in [1.29, 1.82) is 0 Å². The lowest BCUT2D eigenvalue weighted by Crippen LogP contribution is -2.58. The predicted octanol–water partition coefficient (Wildman–Crippen LogP) is 3.91. The zero-order chi connectivity index (χ0) is 20.2. The molecule has 0 unspecified atom stereocenters. The van der Waals surface area contributed by atoms with Gasteiger partial charge in [-0.1, -0.05) is 18.2 Å². The molecule has 0 aliphatic carbocycles. The molecule has 0 heterocycles. The fourth-order valence-corrected chi connectivity index (χ4v) is 2.73. The summed E-state index contributed by atoms with van der Waals surface area (Å²) >= 11 is 0. The van der Waals surface area contributed by atoms with Gasteiger partial charge in [-0.3, -0.25) is 19.7 Å². The normalized spacial score (nSPS) is 11.0. The topological polar surface area (TPSA) is 83.8 Å². The van der Waals surface area contributed by atoms with E-state index in [0.29, 0.717) is 12.1 Å². The van der Waals surface area contributed by atoms with Crippen molar-refractivity contribution in [3.63, 3.8) is 0 Å². The lowest BCUT2D eigenvalue weighted by Gasteiger charge is -2.43. The van der Waals surface area contributed by atoms with Crippen molar-refractivity contribution in [3.05, 3.63) is 75.8 Å². The molecule has 7 heteroatoms. The fourth-order valence-electron chi connectivity index (χ4n) is 2.73. The zero-order valence-electron chi connectivity index (χ0n) is 15.9. The van der Waals surface area contributed by atoms with Gasteiger partial charge in [0.2, 0.25) is 0 Å². The van der Waals surface area contributed by atoms with Gasteiger partial charge in [0, 0.05) is 29.8 Å². The van der Waals surface area contributed by atoms with Crippen LogP contribution in [0.3, 0.4) is 0 Å². The second-order valence-corrected chi connectivity index (χ2v) is 6.98. The first kappa shape index (κ1) is 20.1. The highest BCUT2D eigenvalue weighted by molar-refractivity contribution is 5.99. The van der Waals surface area contributed by atoms with Gasteiger partial charge in [-0.05, 0) is 52.0 Å². The molecular formula is C20H23N3O4. The van der Waals surface area contributed by atoms with Crippen molar-refractivity contribution in [2.45, 2.75) is 33.2 Å². The van der Waals surface area contributed by atoms with Gasteiger partial charge < -0.3 is 0 Å². The van der Waals surface area contributed by atoms with Gasteiger partial charge >= 0.3 is 0 Å². The monoisotopic (exact) mass is 369 g/mol. The van der Waals surface area contributed by atoms with Gasteiger partial charge in [0.25, 0.3) is 17.5 Å². The second-order valence-electron chi connectivity index (χ2n) is 6.98. The summed E-state index contributed by atoms with van der Waals surface area (Å²) in [6, 6.07) is 14.1. The summed E-state index contributed by atoms with van der Waals surface area (Å²) in [4.78, 5) is 36.5. The van der Waals surface area contributed by atoms with Crippen molar-refractivity contribution < 1.29 is 14.5 Å². The first-order chi connectivity index (χ1) is 12.7. The molecular weight excluding hydrogens is 346 g/mol. The van der Waals surface area contributed by atoms with E-state index in [2.05, 4.69) is 0 Å². The molecule has 0 N–H and O–H groups in total. The third kappa shape index (κ3) is 4.49. The third-order valence-electron chi connectivity index (χ3n) is 3.95. The van der Waals surface area contributed by atoms with E-state index in [9.17, 15) is 19.7 Å². The van der Waals surface area contributed by atoms with Crippen LogP contribution >= 0.6 is 0 Å². The Morgan fingerprint density at radius 3 is 1.89 bits per heavy atom. The van der Waals surface area contributed by atoms with Gasteiger partial charge in [0.1, 0.15) is 0 Å². The Morgan fingerprint density at radius 1 is 0.926 bits per heavy atom. The number of amides is 2. The van der Waals surface area contributed by atoms with Crippen LogP contribution in [0.4, 0.5) is 5.69 Å². The minimum atomic E-state index is -0.681. The van der Waals surface area contributed by atoms with Crippen molar-refractivity contribution in [3.8, 4) is 0 Å². The molecule has 7 nitrogen and oxygen atoms in total. The Balaban J connectivity index is 2.42. The van der Waals surface area contributed by atoms with Crippen LogP contribution in [0, 0.1) is 10.1 Å². The quantitative estimate of drug-likeness (QED) is 0.604. The molecule has 2 aromatic carbocycles. The lowest BCUT2D eigenvalue weighted by molar-refractivity contribution is -0.384. The summed E-state index contributed by atoms with van der Waals surface area (Å²) in [6.45, 7) is 7.58. The molecule has 0 saturated carbocycles. The summed E-state index contributed by atoms with van der Waals surface area (Å²) in [5, 5.41) is 13.6. The van der Waals surface area contributed by atoms with Crippen LogP contribution in [0.25, 0.3) is 0 Å². The fraction of sp³-hybridized carbons (Fsp3) is 0.300. The average Bonchev–Trinajstić information content (AvgIpc) is 2.64. The highest BCUT2D eigenvalue weighted by Gasteiger charge is 2.35. The number of nitrogens with zero attached hydrogens (tertiary/aromatic N) is 3. The molecule has 0 atom stereocenters. The van der Waals surface area contributed by atoms with E-state index in [1.54, 1.807) is 31.2 Å². The highest BCUT2D eigenvalue weighted by atomic mass is 16.6. The van der Waals surface area contributed by atoms with Crippen molar-refractivity contribution >= 4 is 17.5 Å². The van der Waals surface area contributed by atoms with Crippen molar-refractivity contribution in [1.82, 2.24) is 10.0 Å². The van der Waals surface area contributed by atoms with Crippen LogP contribution in [-0.2, 0) is 0 Å². The molecule has 0 bridgehead atoms. The summed E-state index contributed by atoms with van der Waals surface area (Å²) in [5.41, 5.74) is -0.0271. The number of hydrogen-bond donors (Lipinski definition) is 0. The van der Waals surface area contributed by atoms with E-state index in [0.717, 1.165) is 0 Å². The van der Waals surface area contributed by atoms with Crippen LogP contribution in [0.1, 0.15) is 48.4 Å². The molecule has 27 heavy (non-hydrogen) atoms. The molecule has 0 spiro atoms. The van der Waals surface area contributed by atoms with E-state index in [1.807, 2.05) is 26.8 Å². The van der Waals surface area contributed by atoms with E-state index in [1.165, 1.54) is 34.3 Å². The van der Waals surface area contributed by atoms with Crippen molar-refractivity contribution in [2.75, 3.05) is 6.54 Å². The average molecular weight is 369 g/mol. The second kappa shape index (κ2) is 7.99. The van der Waals surface area contributed by atoms with Crippen LogP contribution in [0.15, 0.2) is 54.6 Å². The SMILES string of the molecule is CCN(C(=O)c1ccccc1)N(C(=O)c1ccc([N+](=O)[O-])cc1)C(C)(C)C. The molecule has 0 aliphatic rings. The number of rotatable bonds is 4. The number of carbonyl (C=O) groups is 2. The Morgan fingerprint density at radius 2 is 1.44 bits per heavy atom. The Labute approximate surface area is 158 Å². The Kier molecular flexibility index (Phi) is 5.95. The number of carbonyl (C=O) groups excluding carboxylic acids is 2. The number of benzene rings is 2. The van der Waals surface area contributed by atoms with Gasteiger partial charge in [-0.15, -0.1) is 0 Å². The molecule has 0 aliphatic heterocycles.